The SMILES string of the molecule is C#CCCN(O)C(=O)/C=C/c1ccc(Cl)cc1Cl. The second-order valence-electron chi connectivity index (χ2n) is 3.41. The standard InChI is InChI=1S/C13H11Cl2NO2/c1-2-3-8-16(18)13(17)7-5-10-4-6-11(14)9-12(10)15/h1,4-7,9,18H,3,8H2/b7-5+. The monoisotopic (exact) mass is 283 g/mol. The number of terminal acetylenes is 1. The molecule has 0 saturated carbocycles. The number of nitrogens with zero attached hydrogens (tertiary/aromatic N) is 1. The second-order valence-corrected chi connectivity index (χ2v) is 4.26. The van der Waals surface area contributed by atoms with Crippen LogP contribution in [0.15, 0.2) is 24.3 Å². The largest absolute Gasteiger partial charge is 0.286 e. The third kappa shape index (κ3) is 4.42. The molecule has 0 aromatic heterocycles. The van der Waals surface area contributed by atoms with Gasteiger partial charge in [-0.05, 0) is 23.8 Å². The second kappa shape index (κ2) is 7.07. The Morgan fingerprint density at radius 1 is 1.50 bits per heavy atom. The van der Waals surface area contributed by atoms with Crippen molar-refractivity contribution < 1.29 is 10.0 Å². The summed E-state index contributed by atoms with van der Waals surface area (Å²) in [6, 6.07) is 4.91. The highest BCUT2D eigenvalue weighted by Crippen LogP contribution is 2.21. The zero-order valence-electron chi connectivity index (χ0n) is 9.44. The number of carbonyl (C=O) groups is 1. The summed E-state index contributed by atoms with van der Waals surface area (Å²) in [5.41, 5.74) is 0.639. The quantitative estimate of drug-likeness (QED) is 0.399. The highest BCUT2D eigenvalue weighted by molar-refractivity contribution is 6.35. The van der Waals surface area contributed by atoms with E-state index >= 15 is 0 Å². The molecule has 0 aliphatic carbocycles. The van der Waals surface area contributed by atoms with E-state index in [1.807, 2.05) is 0 Å². The van der Waals surface area contributed by atoms with Gasteiger partial charge in [0.15, 0.2) is 0 Å². The van der Waals surface area contributed by atoms with Crippen molar-refractivity contribution in [3.8, 4) is 12.3 Å². The number of rotatable bonds is 4. The molecule has 0 saturated heterocycles. The number of halogens is 2. The van der Waals surface area contributed by atoms with Crippen molar-refractivity contribution in [3.63, 3.8) is 0 Å². The fourth-order valence-corrected chi connectivity index (χ4v) is 1.64. The summed E-state index contributed by atoms with van der Waals surface area (Å²) in [6.45, 7) is 0.0913. The van der Waals surface area contributed by atoms with E-state index in [0.717, 1.165) is 0 Å². The minimum Gasteiger partial charge on any atom is -0.286 e. The molecule has 18 heavy (non-hydrogen) atoms. The molecule has 0 aliphatic heterocycles. The van der Waals surface area contributed by atoms with Gasteiger partial charge in [0.25, 0.3) is 5.91 Å². The average Bonchev–Trinajstić information content (AvgIpc) is 2.34. The first-order valence-electron chi connectivity index (χ1n) is 5.11. The Kier molecular flexibility index (Phi) is 5.73. The highest BCUT2D eigenvalue weighted by Gasteiger charge is 2.06. The van der Waals surface area contributed by atoms with Gasteiger partial charge in [-0.3, -0.25) is 10.0 Å². The topological polar surface area (TPSA) is 40.5 Å². The van der Waals surface area contributed by atoms with Gasteiger partial charge in [-0.15, -0.1) is 12.3 Å². The van der Waals surface area contributed by atoms with E-state index in [4.69, 9.17) is 29.6 Å². The molecule has 0 atom stereocenters. The lowest BCUT2D eigenvalue weighted by Crippen LogP contribution is -2.26. The first-order chi connectivity index (χ1) is 8.54. The Balaban J connectivity index is 2.69. The van der Waals surface area contributed by atoms with Gasteiger partial charge in [-0.1, -0.05) is 29.3 Å². The average molecular weight is 284 g/mol. The van der Waals surface area contributed by atoms with Crippen LogP contribution >= 0.6 is 23.2 Å². The molecular formula is C13H11Cl2NO2. The number of carbonyl (C=O) groups excluding carboxylic acids is 1. The number of amides is 1. The van der Waals surface area contributed by atoms with Gasteiger partial charge in [0.05, 0.1) is 6.54 Å². The van der Waals surface area contributed by atoms with Gasteiger partial charge in [0.2, 0.25) is 0 Å². The van der Waals surface area contributed by atoms with Crippen LogP contribution in [0.3, 0.4) is 0 Å². The molecule has 5 heteroatoms. The van der Waals surface area contributed by atoms with E-state index < -0.39 is 5.91 Å². The fourth-order valence-electron chi connectivity index (χ4n) is 1.16. The molecule has 1 aromatic rings. The molecule has 1 aromatic carbocycles. The molecule has 94 valence electrons. The summed E-state index contributed by atoms with van der Waals surface area (Å²) in [5.74, 6) is 1.77. The fraction of sp³-hybridized carbons (Fsp3) is 0.154. The Morgan fingerprint density at radius 2 is 2.22 bits per heavy atom. The first kappa shape index (κ1) is 14.6. The summed E-state index contributed by atoms with van der Waals surface area (Å²) < 4.78 is 0. The molecule has 1 rings (SSSR count). The van der Waals surface area contributed by atoms with E-state index in [9.17, 15) is 10.0 Å². The predicted molar refractivity (Wildman–Crippen MR) is 72.4 cm³/mol. The van der Waals surface area contributed by atoms with Crippen molar-refractivity contribution in [2.45, 2.75) is 6.42 Å². The van der Waals surface area contributed by atoms with Gasteiger partial charge >= 0.3 is 0 Å². The van der Waals surface area contributed by atoms with Crippen molar-refractivity contribution in [2.75, 3.05) is 6.54 Å². The minimum atomic E-state index is -0.559. The van der Waals surface area contributed by atoms with E-state index in [1.165, 1.54) is 12.2 Å². The van der Waals surface area contributed by atoms with Crippen molar-refractivity contribution in [1.29, 1.82) is 0 Å². The van der Waals surface area contributed by atoms with E-state index in [0.29, 0.717) is 20.7 Å². The molecule has 1 N–H and O–H groups in total. The third-order valence-electron chi connectivity index (χ3n) is 2.09. The van der Waals surface area contributed by atoms with Crippen molar-refractivity contribution in [3.05, 3.63) is 39.9 Å². The lowest BCUT2D eigenvalue weighted by molar-refractivity contribution is -0.158. The summed E-state index contributed by atoms with van der Waals surface area (Å²) in [7, 11) is 0. The van der Waals surface area contributed by atoms with Gasteiger partial charge in [-0.2, -0.15) is 0 Å². The van der Waals surface area contributed by atoms with Crippen molar-refractivity contribution >= 4 is 35.2 Å². The highest BCUT2D eigenvalue weighted by atomic mass is 35.5. The van der Waals surface area contributed by atoms with Crippen LogP contribution in [-0.4, -0.2) is 22.7 Å². The number of hydroxylamine groups is 2. The first-order valence-corrected chi connectivity index (χ1v) is 5.87. The maximum atomic E-state index is 11.5. The zero-order chi connectivity index (χ0) is 13.5. The zero-order valence-corrected chi connectivity index (χ0v) is 10.9. The molecule has 0 radical (unpaired) electrons. The van der Waals surface area contributed by atoms with E-state index in [-0.39, 0.29) is 13.0 Å². The Labute approximate surface area is 116 Å². The van der Waals surface area contributed by atoms with Gasteiger partial charge in [0.1, 0.15) is 0 Å². The van der Waals surface area contributed by atoms with Gasteiger partial charge in [0, 0.05) is 22.5 Å². The molecular weight excluding hydrogens is 273 g/mol. The molecule has 0 unspecified atom stereocenters. The maximum Gasteiger partial charge on any atom is 0.269 e. The van der Waals surface area contributed by atoms with Crippen LogP contribution < -0.4 is 0 Å². The van der Waals surface area contributed by atoms with E-state index in [2.05, 4.69) is 5.92 Å². The lowest BCUT2D eigenvalue weighted by atomic mass is 10.2. The Hall–Kier alpha value is -1.47. The summed E-state index contributed by atoms with van der Waals surface area (Å²) in [6.07, 6.45) is 8.03. The number of hydrogen-bond donors (Lipinski definition) is 1. The number of hydrogen-bond acceptors (Lipinski definition) is 2. The Bertz CT molecular complexity index is 506. The van der Waals surface area contributed by atoms with Crippen LogP contribution in [0.1, 0.15) is 12.0 Å². The van der Waals surface area contributed by atoms with Gasteiger partial charge in [-0.25, -0.2) is 5.06 Å². The summed E-state index contributed by atoms with van der Waals surface area (Å²) in [5, 5.41) is 10.8. The molecule has 0 spiro atoms. The number of benzene rings is 1. The molecule has 0 heterocycles. The molecule has 3 nitrogen and oxygen atoms in total. The van der Waals surface area contributed by atoms with E-state index in [1.54, 1.807) is 18.2 Å². The molecule has 0 bridgehead atoms. The molecule has 1 amide bonds. The van der Waals surface area contributed by atoms with Crippen molar-refractivity contribution in [2.24, 2.45) is 0 Å². The predicted octanol–water partition coefficient (Wildman–Crippen LogP) is 3.25. The van der Waals surface area contributed by atoms with Crippen molar-refractivity contribution in [1.82, 2.24) is 5.06 Å². The summed E-state index contributed by atoms with van der Waals surface area (Å²) in [4.78, 5) is 11.5. The van der Waals surface area contributed by atoms with Gasteiger partial charge < -0.3 is 0 Å². The molecule has 0 aliphatic rings. The van der Waals surface area contributed by atoms with Crippen LogP contribution in [0.5, 0.6) is 0 Å². The smallest absolute Gasteiger partial charge is 0.269 e. The summed E-state index contributed by atoms with van der Waals surface area (Å²) >= 11 is 11.7. The normalized spacial score (nSPS) is 10.3. The minimum absolute atomic E-state index is 0.0913. The third-order valence-corrected chi connectivity index (χ3v) is 2.65. The maximum absolute atomic E-state index is 11.5. The van der Waals surface area contributed by atoms with Crippen LogP contribution in [0.25, 0.3) is 6.08 Å². The molecule has 0 fully saturated rings. The lowest BCUT2D eigenvalue weighted by Gasteiger charge is -2.10. The van der Waals surface area contributed by atoms with Crippen LogP contribution in [0.4, 0.5) is 0 Å². The van der Waals surface area contributed by atoms with Crippen LogP contribution in [-0.2, 0) is 4.79 Å². The Morgan fingerprint density at radius 3 is 2.83 bits per heavy atom. The van der Waals surface area contributed by atoms with Crippen LogP contribution in [0, 0.1) is 12.3 Å². The van der Waals surface area contributed by atoms with Crippen LogP contribution in [0.2, 0.25) is 10.0 Å².